The van der Waals surface area contributed by atoms with Crippen LogP contribution in [0, 0.1) is 5.92 Å². The summed E-state index contributed by atoms with van der Waals surface area (Å²) in [5.41, 5.74) is 0. The third-order valence-corrected chi connectivity index (χ3v) is 3.51. The number of carbonyl (C=O) groups is 2. The minimum atomic E-state index is -0.0239. The van der Waals surface area contributed by atoms with Gasteiger partial charge >= 0.3 is 0 Å². The fourth-order valence-corrected chi connectivity index (χ4v) is 2.41. The largest absolute Gasteiger partial charge is 0.356 e. The van der Waals surface area contributed by atoms with Crippen molar-refractivity contribution < 1.29 is 9.59 Å². The average Bonchev–Trinajstić information content (AvgIpc) is 2.44. The fraction of sp³-hybridized carbons (Fsp3) is 0.857. The van der Waals surface area contributed by atoms with Crippen molar-refractivity contribution in [2.45, 2.75) is 39.0 Å². The predicted octanol–water partition coefficient (Wildman–Crippen LogP) is 1.17. The van der Waals surface area contributed by atoms with Gasteiger partial charge in [0.1, 0.15) is 0 Å². The maximum atomic E-state index is 12.0. The SMILES string of the molecule is CCCC(=O)N1CCCC(C(=O)NCCCNC)C1.Cl. The molecule has 0 aromatic rings. The maximum absolute atomic E-state index is 12.0. The van der Waals surface area contributed by atoms with E-state index in [0.29, 0.717) is 19.5 Å². The van der Waals surface area contributed by atoms with Crippen LogP contribution in [0.3, 0.4) is 0 Å². The van der Waals surface area contributed by atoms with Crippen molar-refractivity contribution in [3.05, 3.63) is 0 Å². The highest BCUT2D eigenvalue weighted by molar-refractivity contribution is 5.85. The Hall–Kier alpha value is -0.810. The molecule has 0 saturated carbocycles. The van der Waals surface area contributed by atoms with E-state index in [1.165, 1.54) is 0 Å². The Morgan fingerprint density at radius 3 is 2.70 bits per heavy atom. The highest BCUT2D eigenvalue weighted by atomic mass is 35.5. The van der Waals surface area contributed by atoms with E-state index in [9.17, 15) is 9.59 Å². The predicted molar refractivity (Wildman–Crippen MR) is 83.0 cm³/mol. The average molecular weight is 306 g/mol. The lowest BCUT2D eigenvalue weighted by atomic mass is 9.96. The van der Waals surface area contributed by atoms with Gasteiger partial charge in [0, 0.05) is 26.1 Å². The molecule has 1 saturated heterocycles. The molecule has 0 aromatic heterocycles. The van der Waals surface area contributed by atoms with Crippen molar-refractivity contribution in [1.29, 1.82) is 0 Å². The van der Waals surface area contributed by atoms with E-state index in [2.05, 4.69) is 10.6 Å². The zero-order valence-corrected chi connectivity index (χ0v) is 13.4. The lowest BCUT2D eigenvalue weighted by Gasteiger charge is -2.32. The van der Waals surface area contributed by atoms with Gasteiger partial charge in [0.25, 0.3) is 0 Å². The normalized spacial score (nSPS) is 18.3. The molecule has 0 radical (unpaired) electrons. The zero-order valence-electron chi connectivity index (χ0n) is 12.6. The van der Waals surface area contributed by atoms with Crippen LogP contribution in [0.25, 0.3) is 0 Å². The molecule has 118 valence electrons. The van der Waals surface area contributed by atoms with Crippen LogP contribution in [0.5, 0.6) is 0 Å². The summed E-state index contributed by atoms with van der Waals surface area (Å²) < 4.78 is 0. The van der Waals surface area contributed by atoms with Gasteiger partial charge in [-0.15, -0.1) is 12.4 Å². The number of hydrogen-bond donors (Lipinski definition) is 2. The lowest BCUT2D eigenvalue weighted by molar-refractivity contribution is -0.135. The molecule has 1 aliphatic rings. The zero-order chi connectivity index (χ0) is 14.1. The van der Waals surface area contributed by atoms with Crippen molar-refractivity contribution in [3.8, 4) is 0 Å². The van der Waals surface area contributed by atoms with Crippen LogP contribution in [-0.2, 0) is 9.59 Å². The standard InChI is InChI=1S/C14H27N3O2.ClH/c1-3-6-13(18)17-10-4-7-12(11-17)14(19)16-9-5-8-15-2;/h12,15H,3-11H2,1-2H3,(H,16,19);1H. The summed E-state index contributed by atoms with van der Waals surface area (Å²) in [7, 11) is 1.90. The first-order valence-corrected chi connectivity index (χ1v) is 7.39. The first-order chi connectivity index (χ1) is 9.19. The van der Waals surface area contributed by atoms with Crippen LogP contribution < -0.4 is 10.6 Å². The number of carbonyl (C=O) groups excluding carboxylic acids is 2. The Kier molecular flexibility index (Phi) is 10.5. The lowest BCUT2D eigenvalue weighted by Crippen LogP contribution is -2.45. The van der Waals surface area contributed by atoms with Crippen LogP contribution in [0.4, 0.5) is 0 Å². The number of rotatable bonds is 7. The topological polar surface area (TPSA) is 61.4 Å². The molecule has 1 atom stereocenters. The van der Waals surface area contributed by atoms with Gasteiger partial charge in [0.15, 0.2) is 0 Å². The number of likely N-dealkylation sites (tertiary alicyclic amines) is 1. The Labute approximate surface area is 128 Å². The summed E-state index contributed by atoms with van der Waals surface area (Å²) in [6.07, 6.45) is 4.23. The highest BCUT2D eigenvalue weighted by Gasteiger charge is 2.27. The maximum Gasteiger partial charge on any atom is 0.224 e. The second-order valence-corrected chi connectivity index (χ2v) is 5.18. The van der Waals surface area contributed by atoms with Gasteiger partial charge in [0.2, 0.25) is 11.8 Å². The van der Waals surface area contributed by atoms with Gasteiger partial charge in [-0.25, -0.2) is 0 Å². The van der Waals surface area contributed by atoms with E-state index in [4.69, 9.17) is 0 Å². The van der Waals surface area contributed by atoms with Crippen molar-refractivity contribution in [2.24, 2.45) is 5.92 Å². The molecule has 1 fully saturated rings. The third-order valence-electron chi connectivity index (χ3n) is 3.51. The van der Waals surface area contributed by atoms with Crippen LogP contribution in [0.1, 0.15) is 39.0 Å². The van der Waals surface area contributed by atoms with E-state index in [-0.39, 0.29) is 30.1 Å². The molecule has 1 heterocycles. The first-order valence-electron chi connectivity index (χ1n) is 7.39. The minimum absolute atomic E-state index is 0. The van der Waals surface area contributed by atoms with Crippen LogP contribution in [0.2, 0.25) is 0 Å². The van der Waals surface area contributed by atoms with Crippen molar-refractivity contribution >= 4 is 24.2 Å². The Balaban J connectivity index is 0.00000361. The number of hydrogen-bond acceptors (Lipinski definition) is 3. The van der Waals surface area contributed by atoms with E-state index in [1.807, 2.05) is 18.9 Å². The molecule has 2 N–H and O–H groups in total. The molecule has 2 amide bonds. The molecule has 1 unspecified atom stereocenters. The van der Waals surface area contributed by atoms with E-state index in [0.717, 1.165) is 38.8 Å². The number of nitrogens with one attached hydrogen (secondary N) is 2. The van der Waals surface area contributed by atoms with Crippen LogP contribution >= 0.6 is 12.4 Å². The molecule has 1 aliphatic heterocycles. The van der Waals surface area contributed by atoms with Gasteiger partial charge in [-0.2, -0.15) is 0 Å². The van der Waals surface area contributed by atoms with E-state index >= 15 is 0 Å². The van der Waals surface area contributed by atoms with Crippen molar-refractivity contribution in [1.82, 2.24) is 15.5 Å². The summed E-state index contributed by atoms with van der Waals surface area (Å²) in [6.45, 7) is 5.03. The van der Waals surface area contributed by atoms with Gasteiger partial charge in [-0.3, -0.25) is 9.59 Å². The van der Waals surface area contributed by atoms with Gasteiger partial charge in [0.05, 0.1) is 5.92 Å². The number of piperidine rings is 1. The van der Waals surface area contributed by atoms with Gasteiger partial charge < -0.3 is 15.5 Å². The molecule has 0 spiro atoms. The Morgan fingerprint density at radius 1 is 1.30 bits per heavy atom. The van der Waals surface area contributed by atoms with E-state index in [1.54, 1.807) is 0 Å². The first kappa shape index (κ1) is 19.2. The molecule has 0 aliphatic carbocycles. The minimum Gasteiger partial charge on any atom is -0.356 e. The monoisotopic (exact) mass is 305 g/mol. The van der Waals surface area contributed by atoms with Crippen LogP contribution in [-0.4, -0.2) is 49.9 Å². The molecule has 6 heteroatoms. The van der Waals surface area contributed by atoms with Crippen molar-refractivity contribution in [3.63, 3.8) is 0 Å². The van der Waals surface area contributed by atoms with Crippen LogP contribution in [0.15, 0.2) is 0 Å². The number of halogens is 1. The summed E-state index contributed by atoms with van der Waals surface area (Å²) in [5.74, 6) is 0.268. The molecular formula is C14H28ClN3O2. The number of amides is 2. The van der Waals surface area contributed by atoms with E-state index < -0.39 is 0 Å². The Bertz CT molecular complexity index is 300. The molecule has 5 nitrogen and oxygen atoms in total. The second kappa shape index (κ2) is 10.9. The molecule has 20 heavy (non-hydrogen) atoms. The molecule has 0 bridgehead atoms. The second-order valence-electron chi connectivity index (χ2n) is 5.18. The summed E-state index contributed by atoms with van der Waals surface area (Å²) in [5, 5.41) is 6.01. The highest BCUT2D eigenvalue weighted by Crippen LogP contribution is 2.17. The molecule has 0 aromatic carbocycles. The summed E-state index contributed by atoms with van der Waals surface area (Å²) >= 11 is 0. The third kappa shape index (κ3) is 6.57. The molecule has 1 rings (SSSR count). The number of nitrogens with zero attached hydrogens (tertiary/aromatic N) is 1. The van der Waals surface area contributed by atoms with Gasteiger partial charge in [-0.05, 0) is 39.3 Å². The summed E-state index contributed by atoms with van der Waals surface area (Å²) in [6, 6.07) is 0. The van der Waals surface area contributed by atoms with Gasteiger partial charge in [-0.1, -0.05) is 6.92 Å². The Morgan fingerprint density at radius 2 is 2.05 bits per heavy atom. The summed E-state index contributed by atoms with van der Waals surface area (Å²) in [4.78, 5) is 25.7. The van der Waals surface area contributed by atoms with Crippen molar-refractivity contribution in [2.75, 3.05) is 33.2 Å². The quantitative estimate of drug-likeness (QED) is 0.694. The molecular weight excluding hydrogens is 278 g/mol. The fourth-order valence-electron chi connectivity index (χ4n) is 2.41. The smallest absolute Gasteiger partial charge is 0.224 e.